The maximum absolute atomic E-state index is 12.5. The van der Waals surface area contributed by atoms with Crippen molar-refractivity contribution in [2.24, 2.45) is 11.8 Å². The van der Waals surface area contributed by atoms with E-state index in [0.717, 1.165) is 67.4 Å². The summed E-state index contributed by atoms with van der Waals surface area (Å²) < 4.78 is 11.1. The van der Waals surface area contributed by atoms with E-state index in [4.69, 9.17) is 9.47 Å². The van der Waals surface area contributed by atoms with Crippen LogP contribution in [0.2, 0.25) is 0 Å². The summed E-state index contributed by atoms with van der Waals surface area (Å²) in [5.41, 5.74) is 1.13. The van der Waals surface area contributed by atoms with Crippen molar-refractivity contribution in [1.82, 2.24) is 15.2 Å². The van der Waals surface area contributed by atoms with Crippen molar-refractivity contribution in [1.29, 1.82) is 0 Å². The highest BCUT2D eigenvalue weighted by Gasteiger charge is 2.36. The van der Waals surface area contributed by atoms with Crippen LogP contribution in [0.5, 0.6) is 11.5 Å². The minimum atomic E-state index is -0.00175. The molecule has 1 aromatic heterocycles. The highest BCUT2D eigenvalue weighted by molar-refractivity contribution is 7.09. The maximum Gasteiger partial charge on any atom is 0.223 e. The molecule has 0 spiro atoms. The Kier molecular flexibility index (Phi) is 6.35. The van der Waals surface area contributed by atoms with Crippen molar-refractivity contribution in [3.05, 3.63) is 40.3 Å². The van der Waals surface area contributed by atoms with Gasteiger partial charge in [-0.1, -0.05) is 12.1 Å². The number of nitrogens with zero attached hydrogens (tertiary/aromatic N) is 2. The van der Waals surface area contributed by atoms with Crippen molar-refractivity contribution < 1.29 is 14.3 Å². The lowest BCUT2D eigenvalue weighted by atomic mass is 9.90. The molecule has 1 aromatic carbocycles. The van der Waals surface area contributed by atoms with Gasteiger partial charge in [0, 0.05) is 36.1 Å². The summed E-state index contributed by atoms with van der Waals surface area (Å²) >= 11 is 1.63. The molecule has 2 aliphatic rings. The van der Waals surface area contributed by atoms with Crippen LogP contribution in [0.25, 0.3) is 0 Å². The van der Waals surface area contributed by atoms with E-state index < -0.39 is 0 Å². The first-order chi connectivity index (χ1) is 14.2. The molecule has 0 radical (unpaired) electrons. The summed E-state index contributed by atoms with van der Waals surface area (Å²) in [5, 5.41) is 6.33. The lowest BCUT2D eigenvalue weighted by Crippen LogP contribution is -2.43. The predicted octanol–water partition coefficient (Wildman–Crippen LogP) is 3.64. The first kappa shape index (κ1) is 20.2. The molecular formula is C22H29N3O3S. The van der Waals surface area contributed by atoms with Gasteiger partial charge in [0.1, 0.15) is 5.01 Å². The Morgan fingerprint density at radius 2 is 2.17 bits per heavy atom. The van der Waals surface area contributed by atoms with Crippen LogP contribution < -0.4 is 14.8 Å². The molecule has 1 saturated heterocycles. The maximum atomic E-state index is 12.5. The number of aromatic nitrogens is 1. The molecule has 6 nitrogen and oxygen atoms in total. The number of rotatable bonds is 8. The standard InChI is InChI=1S/C22H29N3O3S/c1-27-18-7-3-5-17(20(18)28-2)14-25-11-4-6-16(13-25)19(22-23-10-12-29-22)24-21(26)15-8-9-15/h3,5,7,10,12,15-16,19H,4,6,8-9,11,13-14H2,1-2H3,(H,24,26)/t16-,19-/m0/s1. The number of ether oxygens (including phenoxy) is 2. The summed E-state index contributed by atoms with van der Waals surface area (Å²) in [6.07, 6.45) is 6.07. The van der Waals surface area contributed by atoms with E-state index in [1.807, 2.05) is 23.7 Å². The van der Waals surface area contributed by atoms with Gasteiger partial charge in [0.05, 0.1) is 20.3 Å². The molecule has 156 valence electrons. The number of likely N-dealkylation sites (tertiary alicyclic amines) is 1. The second-order valence-electron chi connectivity index (χ2n) is 7.92. The van der Waals surface area contributed by atoms with E-state index in [1.165, 1.54) is 0 Å². The van der Waals surface area contributed by atoms with Gasteiger partial charge in [0.2, 0.25) is 5.91 Å². The summed E-state index contributed by atoms with van der Waals surface area (Å²) in [6, 6.07) is 6.02. The van der Waals surface area contributed by atoms with Crippen LogP contribution in [0.1, 0.15) is 42.3 Å². The third-order valence-corrected chi connectivity index (χ3v) is 6.71. The van der Waals surface area contributed by atoms with Crippen LogP contribution in [-0.4, -0.2) is 43.1 Å². The fourth-order valence-corrected chi connectivity index (χ4v) is 4.99. The Hall–Kier alpha value is -2.12. The topological polar surface area (TPSA) is 63.7 Å². The van der Waals surface area contributed by atoms with Crippen molar-refractivity contribution in [3.8, 4) is 11.5 Å². The third-order valence-electron chi connectivity index (χ3n) is 5.86. The quantitative estimate of drug-likeness (QED) is 0.713. The molecule has 1 aliphatic heterocycles. The first-order valence-corrected chi connectivity index (χ1v) is 11.2. The Bertz CT molecular complexity index is 823. The fraction of sp³-hybridized carbons (Fsp3) is 0.545. The monoisotopic (exact) mass is 415 g/mol. The number of thiazole rings is 1. The number of carbonyl (C=O) groups is 1. The van der Waals surface area contributed by atoms with Gasteiger partial charge >= 0.3 is 0 Å². The van der Waals surface area contributed by atoms with Crippen LogP contribution in [0.15, 0.2) is 29.8 Å². The fourth-order valence-electron chi connectivity index (χ4n) is 4.21. The molecule has 2 heterocycles. The van der Waals surface area contributed by atoms with Gasteiger partial charge in [-0.3, -0.25) is 9.69 Å². The largest absolute Gasteiger partial charge is 0.493 e. The van der Waals surface area contributed by atoms with Gasteiger partial charge in [-0.05, 0) is 44.2 Å². The minimum absolute atomic E-state index is 0.00175. The van der Waals surface area contributed by atoms with Gasteiger partial charge in [-0.2, -0.15) is 0 Å². The van der Waals surface area contributed by atoms with Crippen molar-refractivity contribution >= 4 is 17.2 Å². The predicted molar refractivity (Wildman–Crippen MR) is 113 cm³/mol. The molecular weight excluding hydrogens is 386 g/mol. The van der Waals surface area contributed by atoms with E-state index in [0.29, 0.717) is 5.92 Å². The number of carbonyl (C=O) groups excluding carboxylic acids is 1. The number of nitrogens with one attached hydrogen (secondary N) is 1. The molecule has 0 unspecified atom stereocenters. The van der Waals surface area contributed by atoms with E-state index in [-0.39, 0.29) is 17.9 Å². The molecule has 7 heteroatoms. The van der Waals surface area contributed by atoms with Crippen molar-refractivity contribution in [2.75, 3.05) is 27.3 Å². The van der Waals surface area contributed by atoms with Crippen LogP contribution in [0.4, 0.5) is 0 Å². The molecule has 2 fully saturated rings. The van der Waals surface area contributed by atoms with Gasteiger partial charge in [-0.25, -0.2) is 4.98 Å². The lowest BCUT2D eigenvalue weighted by molar-refractivity contribution is -0.123. The molecule has 1 N–H and O–H groups in total. The van der Waals surface area contributed by atoms with Crippen LogP contribution in [0, 0.1) is 11.8 Å². The normalized spacial score (nSPS) is 20.8. The molecule has 2 aromatic rings. The first-order valence-electron chi connectivity index (χ1n) is 10.3. The zero-order chi connectivity index (χ0) is 20.2. The Morgan fingerprint density at radius 3 is 2.86 bits per heavy atom. The Labute approximate surface area is 176 Å². The molecule has 4 rings (SSSR count). The Morgan fingerprint density at radius 1 is 1.31 bits per heavy atom. The average molecular weight is 416 g/mol. The minimum Gasteiger partial charge on any atom is -0.493 e. The highest BCUT2D eigenvalue weighted by atomic mass is 32.1. The summed E-state index contributed by atoms with van der Waals surface area (Å²) in [6.45, 7) is 2.77. The van der Waals surface area contributed by atoms with E-state index in [1.54, 1.807) is 25.6 Å². The van der Waals surface area contributed by atoms with E-state index in [2.05, 4.69) is 21.3 Å². The highest BCUT2D eigenvalue weighted by Crippen LogP contribution is 2.36. The van der Waals surface area contributed by atoms with Crippen molar-refractivity contribution in [3.63, 3.8) is 0 Å². The molecule has 2 atom stereocenters. The second kappa shape index (κ2) is 9.13. The number of hydrogen-bond donors (Lipinski definition) is 1. The second-order valence-corrected chi connectivity index (χ2v) is 8.85. The van der Waals surface area contributed by atoms with E-state index in [9.17, 15) is 4.79 Å². The smallest absolute Gasteiger partial charge is 0.223 e. The van der Waals surface area contributed by atoms with Crippen LogP contribution >= 0.6 is 11.3 Å². The number of amides is 1. The molecule has 1 amide bonds. The van der Waals surface area contributed by atoms with Gasteiger partial charge < -0.3 is 14.8 Å². The molecule has 0 bridgehead atoms. The van der Waals surface area contributed by atoms with Crippen LogP contribution in [0.3, 0.4) is 0 Å². The van der Waals surface area contributed by atoms with Gasteiger partial charge in [0.15, 0.2) is 11.5 Å². The van der Waals surface area contributed by atoms with E-state index >= 15 is 0 Å². The molecule has 1 aliphatic carbocycles. The number of benzene rings is 1. The number of methoxy groups -OCH3 is 2. The summed E-state index contributed by atoms with van der Waals surface area (Å²) in [7, 11) is 3.35. The van der Waals surface area contributed by atoms with Crippen molar-refractivity contribution in [2.45, 2.75) is 38.3 Å². The number of para-hydroxylation sites is 1. The van der Waals surface area contributed by atoms with Gasteiger partial charge in [0.25, 0.3) is 0 Å². The zero-order valence-corrected chi connectivity index (χ0v) is 17.9. The number of hydrogen-bond acceptors (Lipinski definition) is 6. The molecule has 29 heavy (non-hydrogen) atoms. The average Bonchev–Trinajstić information content (AvgIpc) is 3.47. The zero-order valence-electron chi connectivity index (χ0n) is 17.1. The third kappa shape index (κ3) is 4.73. The lowest BCUT2D eigenvalue weighted by Gasteiger charge is -2.37. The summed E-state index contributed by atoms with van der Waals surface area (Å²) in [5.74, 6) is 2.32. The summed E-state index contributed by atoms with van der Waals surface area (Å²) in [4.78, 5) is 19.5. The SMILES string of the molecule is COc1cccc(CN2CCC[C@H]([C@H](NC(=O)C3CC3)c3nccs3)C2)c1OC. The number of piperidine rings is 1. The van der Waals surface area contributed by atoms with Crippen LogP contribution in [-0.2, 0) is 11.3 Å². The Balaban J connectivity index is 1.48. The van der Waals surface area contributed by atoms with Gasteiger partial charge in [-0.15, -0.1) is 11.3 Å². The molecule has 1 saturated carbocycles.